The van der Waals surface area contributed by atoms with Gasteiger partial charge >= 0.3 is 18.4 Å². The number of hydrogen-bond acceptors (Lipinski definition) is 2. The van der Waals surface area contributed by atoms with E-state index in [1.165, 1.54) is 24.1 Å². The van der Waals surface area contributed by atoms with E-state index in [-0.39, 0.29) is 24.6 Å². The molecule has 0 unspecified atom stereocenters. The molecule has 186 valence electrons. The minimum atomic E-state index is -4.93. The summed E-state index contributed by atoms with van der Waals surface area (Å²) >= 11 is 0. The van der Waals surface area contributed by atoms with Gasteiger partial charge in [-0.1, -0.05) is 6.07 Å². The van der Waals surface area contributed by atoms with Crippen LogP contribution in [0.4, 0.5) is 35.5 Å². The van der Waals surface area contributed by atoms with Crippen LogP contribution in [0.25, 0.3) is 0 Å². The first kappa shape index (κ1) is 25.8. The summed E-state index contributed by atoms with van der Waals surface area (Å²) in [4.78, 5) is 16.0. The molecule has 0 aliphatic carbocycles. The number of benzene rings is 2. The van der Waals surface area contributed by atoms with Gasteiger partial charge < -0.3 is 15.1 Å². The first-order valence-electron chi connectivity index (χ1n) is 10.5. The molecule has 0 aromatic heterocycles. The number of likely N-dealkylation sites (N-methyl/N-ethyl adjacent to an activating group) is 1. The summed E-state index contributed by atoms with van der Waals surface area (Å²) in [5, 5.41) is 3.18. The molecule has 2 aromatic carbocycles. The normalized spacial score (nSPS) is 17.1. The van der Waals surface area contributed by atoms with E-state index in [9.17, 15) is 35.5 Å². The average Bonchev–Trinajstić information content (AvgIpc) is 2.75. The summed E-state index contributed by atoms with van der Waals surface area (Å²) in [5.41, 5.74) is -1.53. The number of piperazine rings is 1. The third kappa shape index (κ3) is 5.99. The Kier molecular flexibility index (Phi) is 7.44. The molecule has 3 rings (SSSR count). The van der Waals surface area contributed by atoms with Crippen LogP contribution in [0.3, 0.4) is 0 Å². The second-order valence-electron chi connectivity index (χ2n) is 8.28. The van der Waals surface area contributed by atoms with Gasteiger partial charge in [0.2, 0.25) is 0 Å². The smallest absolute Gasteiger partial charge is 0.327 e. The van der Waals surface area contributed by atoms with Gasteiger partial charge in [0.1, 0.15) is 5.82 Å². The second-order valence-corrected chi connectivity index (χ2v) is 8.28. The molecule has 4 nitrogen and oxygen atoms in total. The molecule has 1 aliphatic rings. The van der Waals surface area contributed by atoms with Crippen LogP contribution < -0.4 is 5.32 Å². The zero-order valence-corrected chi connectivity index (χ0v) is 18.5. The molecule has 0 saturated carbocycles. The standard InChI is InChI=1S/C23H24F7N3O/c1-14-9-18(24)3-4-19(14)20-13-31-6-8-33(20)21(34)32(2)7-5-15-10-16(22(25,26)27)12-17(11-15)23(28,29)30/h3-4,9-12,20,31H,5-8,13H2,1-2H3/t20-/m1/s1. The lowest BCUT2D eigenvalue weighted by atomic mass is 9.98. The predicted octanol–water partition coefficient (Wildman–Crippen LogP) is 5.41. The minimum Gasteiger partial charge on any atom is -0.327 e. The highest BCUT2D eigenvalue weighted by Gasteiger charge is 2.37. The summed E-state index contributed by atoms with van der Waals surface area (Å²) in [5.74, 6) is -0.403. The molecule has 2 aromatic rings. The molecule has 1 N–H and O–H groups in total. The van der Waals surface area contributed by atoms with Crippen molar-refractivity contribution in [2.24, 2.45) is 0 Å². The third-order valence-electron chi connectivity index (χ3n) is 5.79. The summed E-state index contributed by atoms with van der Waals surface area (Å²) in [6.07, 6.45) is -10.1. The molecule has 1 saturated heterocycles. The van der Waals surface area contributed by atoms with Crippen LogP contribution in [0.15, 0.2) is 36.4 Å². The number of nitrogens with one attached hydrogen (secondary N) is 1. The van der Waals surface area contributed by atoms with E-state index in [4.69, 9.17) is 0 Å². The Morgan fingerprint density at radius 1 is 1.06 bits per heavy atom. The molecule has 0 radical (unpaired) electrons. The van der Waals surface area contributed by atoms with E-state index in [0.29, 0.717) is 37.3 Å². The number of carbonyl (C=O) groups is 1. The van der Waals surface area contributed by atoms with Crippen LogP contribution >= 0.6 is 0 Å². The van der Waals surface area contributed by atoms with Gasteiger partial charge in [0, 0.05) is 33.2 Å². The molecule has 1 heterocycles. The van der Waals surface area contributed by atoms with E-state index in [0.717, 1.165) is 5.56 Å². The summed E-state index contributed by atoms with van der Waals surface area (Å²) in [7, 11) is 1.44. The highest BCUT2D eigenvalue weighted by molar-refractivity contribution is 5.75. The van der Waals surface area contributed by atoms with E-state index < -0.39 is 41.4 Å². The maximum Gasteiger partial charge on any atom is 0.416 e. The van der Waals surface area contributed by atoms with E-state index in [1.807, 2.05) is 0 Å². The number of halogens is 7. The maximum atomic E-state index is 13.5. The SMILES string of the molecule is Cc1cc(F)ccc1[C@H]1CNCCN1C(=O)N(C)CCc1cc(C(F)(F)F)cc(C(F)(F)F)c1. The summed E-state index contributed by atoms with van der Waals surface area (Å²) in [6.45, 7) is 2.92. The van der Waals surface area contributed by atoms with Crippen molar-refractivity contribution in [1.82, 2.24) is 15.1 Å². The van der Waals surface area contributed by atoms with Gasteiger partial charge in [-0.25, -0.2) is 9.18 Å². The Labute approximate surface area is 192 Å². The maximum absolute atomic E-state index is 13.5. The van der Waals surface area contributed by atoms with Crippen molar-refractivity contribution in [2.45, 2.75) is 31.7 Å². The van der Waals surface area contributed by atoms with Gasteiger partial charge in [0.25, 0.3) is 0 Å². The Bertz CT molecular complexity index is 1000. The van der Waals surface area contributed by atoms with Gasteiger partial charge in [0.15, 0.2) is 0 Å². The van der Waals surface area contributed by atoms with Gasteiger partial charge in [-0.3, -0.25) is 0 Å². The van der Waals surface area contributed by atoms with Crippen molar-refractivity contribution in [3.8, 4) is 0 Å². The van der Waals surface area contributed by atoms with Crippen molar-refractivity contribution in [3.05, 3.63) is 70.0 Å². The van der Waals surface area contributed by atoms with Gasteiger partial charge in [-0.05, 0) is 60.4 Å². The third-order valence-corrected chi connectivity index (χ3v) is 5.79. The van der Waals surface area contributed by atoms with Crippen molar-refractivity contribution in [2.75, 3.05) is 33.2 Å². The minimum absolute atomic E-state index is 0.0781. The zero-order valence-electron chi connectivity index (χ0n) is 18.5. The molecule has 1 aliphatic heterocycles. The molecule has 34 heavy (non-hydrogen) atoms. The van der Waals surface area contributed by atoms with Crippen LogP contribution in [0.1, 0.15) is 33.9 Å². The van der Waals surface area contributed by atoms with Crippen LogP contribution in [-0.2, 0) is 18.8 Å². The molecular formula is C23H24F7N3O. The van der Waals surface area contributed by atoms with Crippen molar-refractivity contribution >= 4 is 6.03 Å². The Morgan fingerprint density at radius 2 is 1.68 bits per heavy atom. The Balaban J connectivity index is 1.77. The van der Waals surface area contributed by atoms with Crippen LogP contribution in [0.5, 0.6) is 0 Å². The number of amides is 2. The van der Waals surface area contributed by atoms with Gasteiger partial charge in [0.05, 0.1) is 17.2 Å². The first-order chi connectivity index (χ1) is 15.8. The molecule has 0 spiro atoms. The fraction of sp³-hybridized carbons (Fsp3) is 0.435. The van der Waals surface area contributed by atoms with E-state index >= 15 is 0 Å². The number of hydrogen-bond donors (Lipinski definition) is 1. The van der Waals surface area contributed by atoms with Crippen LogP contribution in [-0.4, -0.2) is 49.1 Å². The molecule has 11 heteroatoms. The second kappa shape index (κ2) is 9.81. The number of nitrogens with zero attached hydrogens (tertiary/aromatic N) is 2. The van der Waals surface area contributed by atoms with Crippen molar-refractivity contribution in [1.29, 1.82) is 0 Å². The molecule has 2 amide bonds. The molecule has 1 atom stereocenters. The van der Waals surface area contributed by atoms with Gasteiger partial charge in [-0.2, -0.15) is 26.3 Å². The fourth-order valence-electron chi connectivity index (χ4n) is 4.00. The topological polar surface area (TPSA) is 35.6 Å². The lowest BCUT2D eigenvalue weighted by Gasteiger charge is -2.39. The number of aryl methyl sites for hydroxylation is 1. The van der Waals surface area contributed by atoms with Gasteiger partial charge in [-0.15, -0.1) is 0 Å². The largest absolute Gasteiger partial charge is 0.416 e. The number of carbonyl (C=O) groups excluding carboxylic acids is 1. The summed E-state index contributed by atoms with van der Waals surface area (Å²) in [6, 6.07) is 4.87. The number of alkyl halides is 6. The molecule has 0 bridgehead atoms. The highest BCUT2D eigenvalue weighted by Crippen LogP contribution is 2.36. The molecule has 1 fully saturated rings. The van der Waals surface area contributed by atoms with E-state index in [2.05, 4.69) is 5.32 Å². The molecular weight excluding hydrogens is 467 g/mol. The number of rotatable bonds is 4. The fourth-order valence-corrected chi connectivity index (χ4v) is 4.00. The Hall–Kier alpha value is -2.82. The van der Waals surface area contributed by atoms with Crippen LogP contribution in [0.2, 0.25) is 0 Å². The highest BCUT2D eigenvalue weighted by atomic mass is 19.4. The lowest BCUT2D eigenvalue weighted by Crippen LogP contribution is -2.52. The monoisotopic (exact) mass is 491 g/mol. The van der Waals surface area contributed by atoms with Crippen molar-refractivity contribution in [3.63, 3.8) is 0 Å². The first-order valence-corrected chi connectivity index (χ1v) is 10.5. The number of urea groups is 1. The quantitative estimate of drug-likeness (QED) is 0.581. The summed E-state index contributed by atoms with van der Waals surface area (Å²) < 4.78 is 92.1. The van der Waals surface area contributed by atoms with Crippen molar-refractivity contribution < 1.29 is 35.5 Å². The lowest BCUT2D eigenvalue weighted by molar-refractivity contribution is -0.143. The van der Waals surface area contributed by atoms with Crippen LogP contribution in [0, 0.1) is 12.7 Å². The Morgan fingerprint density at radius 3 is 2.24 bits per heavy atom. The average molecular weight is 491 g/mol. The van der Waals surface area contributed by atoms with E-state index in [1.54, 1.807) is 17.9 Å². The zero-order chi connectivity index (χ0) is 25.3. The predicted molar refractivity (Wildman–Crippen MR) is 112 cm³/mol.